The molecule has 1 saturated carbocycles. The first-order valence-corrected chi connectivity index (χ1v) is 8.89. The Morgan fingerprint density at radius 3 is 2.46 bits per heavy atom. The van der Waals surface area contributed by atoms with Crippen molar-refractivity contribution in [3.05, 3.63) is 51.0 Å². The van der Waals surface area contributed by atoms with Gasteiger partial charge in [-0.05, 0) is 50.3 Å². The molecule has 3 rings (SSSR count). The van der Waals surface area contributed by atoms with Crippen LogP contribution in [0.25, 0.3) is 0 Å². The summed E-state index contributed by atoms with van der Waals surface area (Å²) < 4.78 is 0. The Balaban J connectivity index is 1.67. The second-order valence-corrected chi connectivity index (χ2v) is 7.25. The van der Waals surface area contributed by atoms with E-state index in [9.17, 15) is 9.59 Å². The van der Waals surface area contributed by atoms with Crippen molar-refractivity contribution in [3.8, 4) is 0 Å². The van der Waals surface area contributed by atoms with Gasteiger partial charge in [-0.15, -0.1) is 11.3 Å². The highest BCUT2D eigenvalue weighted by molar-refractivity contribution is 7.13. The molecule has 6 heteroatoms. The number of nitrogens with one attached hydrogen (secondary N) is 1. The van der Waals surface area contributed by atoms with Gasteiger partial charge in [-0.3, -0.25) is 4.79 Å². The molecule has 5 nitrogen and oxygen atoms in total. The molecule has 0 saturated heterocycles. The van der Waals surface area contributed by atoms with Gasteiger partial charge in [-0.2, -0.15) is 0 Å². The first-order valence-electron chi connectivity index (χ1n) is 8.07. The largest absolute Gasteiger partial charge is 0.477 e. The van der Waals surface area contributed by atoms with E-state index in [-0.39, 0.29) is 16.8 Å². The van der Waals surface area contributed by atoms with Gasteiger partial charge in [0.1, 0.15) is 9.88 Å². The van der Waals surface area contributed by atoms with E-state index in [4.69, 9.17) is 5.11 Å². The molecule has 1 aliphatic rings. The van der Waals surface area contributed by atoms with Crippen LogP contribution >= 0.6 is 11.3 Å². The maximum Gasteiger partial charge on any atom is 0.347 e. The number of carbonyl (C=O) groups is 2. The maximum atomic E-state index is 12.4. The quantitative estimate of drug-likeness (QED) is 0.862. The Bertz CT molecular complexity index is 763. The third kappa shape index (κ3) is 3.33. The molecule has 0 radical (unpaired) electrons. The van der Waals surface area contributed by atoms with Gasteiger partial charge in [0, 0.05) is 5.56 Å². The van der Waals surface area contributed by atoms with Gasteiger partial charge >= 0.3 is 5.97 Å². The van der Waals surface area contributed by atoms with Crippen molar-refractivity contribution in [3.63, 3.8) is 0 Å². The average molecular weight is 344 g/mol. The van der Waals surface area contributed by atoms with Crippen molar-refractivity contribution in [1.82, 2.24) is 10.3 Å². The van der Waals surface area contributed by atoms with Crippen LogP contribution in [-0.2, 0) is 0 Å². The summed E-state index contributed by atoms with van der Waals surface area (Å²) in [6, 6.07) is 7.43. The molecule has 24 heavy (non-hydrogen) atoms. The molecule has 1 aromatic carbocycles. The van der Waals surface area contributed by atoms with Crippen LogP contribution in [0.5, 0.6) is 0 Å². The van der Waals surface area contributed by atoms with Crippen molar-refractivity contribution >= 4 is 23.2 Å². The van der Waals surface area contributed by atoms with Crippen molar-refractivity contribution in [1.29, 1.82) is 0 Å². The molecule has 0 spiro atoms. The number of benzene rings is 1. The molecule has 0 bridgehead atoms. The summed E-state index contributed by atoms with van der Waals surface area (Å²) in [5.41, 5.74) is 2.39. The first-order chi connectivity index (χ1) is 11.5. The third-order valence-electron chi connectivity index (χ3n) is 4.47. The molecule has 2 N–H and O–H groups in total. The van der Waals surface area contributed by atoms with Crippen LogP contribution in [0.1, 0.15) is 74.4 Å². The number of carboxylic acids is 1. The summed E-state index contributed by atoms with van der Waals surface area (Å²) in [5.74, 6) is -0.512. The standard InChI is InChI=1S/C18H20N2O3S/c1-10-15(18(22)23)24-17(20-10)11(2)19-16(21)14-8-6-13(7-9-14)12-4-3-5-12/h6-9,11-12H,3-5H2,1-2H3,(H,19,21)(H,22,23). The molecule has 1 amide bonds. The molecule has 2 aromatic rings. The Morgan fingerprint density at radius 1 is 1.29 bits per heavy atom. The number of carbonyl (C=O) groups excluding carboxylic acids is 1. The summed E-state index contributed by atoms with van der Waals surface area (Å²) >= 11 is 1.10. The maximum absolute atomic E-state index is 12.4. The second kappa shape index (κ2) is 6.73. The lowest BCUT2D eigenvalue weighted by atomic mass is 9.80. The highest BCUT2D eigenvalue weighted by Crippen LogP contribution is 2.36. The molecule has 1 fully saturated rings. The van der Waals surface area contributed by atoms with Crippen molar-refractivity contribution < 1.29 is 14.7 Å². The van der Waals surface area contributed by atoms with E-state index in [0.29, 0.717) is 22.2 Å². The minimum Gasteiger partial charge on any atom is -0.477 e. The number of hydrogen-bond acceptors (Lipinski definition) is 4. The minimum atomic E-state index is -0.985. The van der Waals surface area contributed by atoms with Gasteiger partial charge in [0.05, 0.1) is 11.7 Å². The number of nitrogens with zero attached hydrogens (tertiary/aromatic N) is 1. The molecule has 1 heterocycles. The Hall–Kier alpha value is -2.21. The van der Waals surface area contributed by atoms with E-state index in [1.165, 1.54) is 24.8 Å². The third-order valence-corrected chi connectivity index (χ3v) is 5.80. The molecule has 1 atom stereocenters. The van der Waals surface area contributed by atoms with E-state index < -0.39 is 5.97 Å². The van der Waals surface area contributed by atoms with E-state index >= 15 is 0 Å². The highest BCUT2D eigenvalue weighted by atomic mass is 32.1. The monoisotopic (exact) mass is 344 g/mol. The van der Waals surface area contributed by atoms with E-state index in [1.54, 1.807) is 6.92 Å². The van der Waals surface area contributed by atoms with Crippen molar-refractivity contribution in [2.45, 2.75) is 45.1 Å². The fourth-order valence-electron chi connectivity index (χ4n) is 2.79. The molecule has 1 unspecified atom stereocenters. The van der Waals surface area contributed by atoms with Crippen molar-refractivity contribution in [2.75, 3.05) is 0 Å². The number of carboxylic acid groups (broad SMARTS) is 1. The molecular weight excluding hydrogens is 324 g/mol. The van der Waals surface area contributed by atoms with Crippen LogP contribution in [0.2, 0.25) is 0 Å². The van der Waals surface area contributed by atoms with Gasteiger partial charge < -0.3 is 10.4 Å². The van der Waals surface area contributed by atoms with Crippen molar-refractivity contribution in [2.24, 2.45) is 0 Å². The topological polar surface area (TPSA) is 79.3 Å². The number of hydrogen-bond donors (Lipinski definition) is 2. The molecule has 1 aliphatic carbocycles. The molecule has 0 aliphatic heterocycles. The lowest BCUT2D eigenvalue weighted by molar-refractivity contribution is 0.0701. The minimum absolute atomic E-state index is 0.174. The SMILES string of the molecule is Cc1nc(C(C)NC(=O)c2ccc(C3CCC3)cc2)sc1C(=O)O. The van der Waals surface area contributed by atoms with Gasteiger partial charge in [-0.25, -0.2) is 9.78 Å². The van der Waals surface area contributed by atoms with Crippen LogP contribution in [0.3, 0.4) is 0 Å². The highest BCUT2D eigenvalue weighted by Gasteiger charge is 2.21. The summed E-state index contributed by atoms with van der Waals surface area (Å²) in [5, 5.41) is 12.6. The van der Waals surface area contributed by atoms with Crippen LogP contribution in [0.15, 0.2) is 24.3 Å². The zero-order valence-electron chi connectivity index (χ0n) is 13.7. The van der Waals surface area contributed by atoms with Gasteiger partial charge in [-0.1, -0.05) is 18.6 Å². The first kappa shape index (κ1) is 16.6. The van der Waals surface area contributed by atoms with Crippen LogP contribution in [-0.4, -0.2) is 22.0 Å². The lowest BCUT2D eigenvalue weighted by Crippen LogP contribution is -2.26. The lowest BCUT2D eigenvalue weighted by Gasteiger charge is -2.25. The van der Waals surface area contributed by atoms with Gasteiger partial charge in [0.2, 0.25) is 0 Å². The van der Waals surface area contributed by atoms with Crippen LogP contribution < -0.4 is 5.32 Å². The number of amides is 1. The number of aryl methyl sites for hydroxylation is 1. The fraction of sp³-hybridized carbons (Fsp3) is 0.389. The Morgan fingerprint density at radius 2 is 1.96 bits per heavy atom. The van der Waals surface area contributed by atoms with Gasteiger partial charge in [0.15, 0.2) is 0 Å². The van der Waals surface area contributed by atoms with E-state index in [1.807, 2.05) is 31.2 Å². The fourth-order valence-corrected chi connectivity index (χ4v) is 3.70. The number of rotatable bonds is 5. The molecule has 1 aromatic heterocycles. The average Bonchev–Trinajstić information content (AvgIpc) is 2.88. The smallest absolute Gasteiger partial charge is 0.347 e. The Kier molecular flexibility index (Phi) is 4.66. The summed E-state index contributed by atoms with van der Waals surface area (Å²) in [7, 11) is 0. The molecule has 126 valence electrons. The van der Waals surface area contributed by atoms with Crippen LogP contribution in [0, 0.1) is 6.92 Å². The van der Waals surface area contributed by atoms with E-state index in [0.717, 1.165) is 11.3 Å². The predicted octanol–water partition coefficient (Wildman–Crippen LogP) is 3.91. The van der Waals surface area contributed by atoms with Crippen LogP contribution in [0.4, 0.5) is 0 Å². The summed E-state index contributed by atoms with van der Waals surface area (Å²) in [6.45, 7) is 3.47. The zero-order chi connectivity index (χ0) is 17.3. The zero-order valence-corrected chi connectivity index (χ0v) is 14.5. The number of aromatic nitrogens is 1. The predicted molar refractivity (Wildman–Crippen MR) is 92.7 cm³/mol. The second-order valence-electron chi connectivity index (χ2n) is 6.22. The van der Waals surface area contributed by atoms with E-state index in [2.05, 4.69) is 10.3 Å². The molecular formula is C18H20N2O3S. The number of thiazole rings is 1. The summed E-state index contributed by atoms with van der Waals surface area (Å²) in [6.07, 6.45) is 3.76. The summed E-state index contributed by atoms with van der Waals surface area (Å²) in [4.78, 5) is 27.9. The Labute approximate surface area is 144 Å². The van der Waals surface area contributed by atoms with Gasteiger partial charge in [0.25, 0.3) is 5.91 Å². The number of aromatic carboxylic acids is 1. The normalized spacial score (nSPS) is 15.6.